The number of hydrogen-bond acceptors (Lipinski definition) is 2. The summed E-state index contributed by atoms with van der Waals surface area (Å²) >= 11 is 0. The Kier molecular flexibility index (Phi) is 3.44. The lowest BCUT2D eigenvalue weighted by molar-refractivity contribution is -0.141. The Bertz CT molecular complexity index is 519. The average Bonchev–Trinajstić information content (AvgIpc) is 2.73. The quantitative estimate of drug-likeness (QED) is 0.735. The molecule has 0 spiro atoms. The molecule has 0 aliphatic rings. The summed E-state index contributed by atoms with van der Waals surface area (Å²) in [6.07, 6.45) is 3.26. The van der Waals surface area contributed by atoms with E-state index in [1.54, 1.807) is 0 Å². The molecule has 1 aromatic carbocycles. The van der Waals surface area contributed by atoms with Crippen molar-refractivity contribution in [3.8, 4) is 0 Å². The van der Waals surface area contributed by atoms with Crippen LogP contribution in [-0.2, 0) is 11.2 Å². The number of benzene rings is 1. The molecule has 0 saturated carbocycles. The zero-order valence-corrected chi connectivity index (χ0v) is 9.52. The van der Waals surface area contributed by atoms with Crippen LogP contribution in [0.5, 0.6) is 0 Å². The highest BCUT2D eigenvalue weighted by Crippen LogP contribution is 2.20. The van der Waals surface area contributed by atoms with Gasteiger partial charge < -0.3 is 15.8 Å². The fraction of sp³-hybridized carbons (Fsp3) is 0.308. The van der Waals surface area contributed by atoms with Gasteiger partial charge >= 0.3 is 5.97 Å². The lowest BCUT2D eigenvalue weighted by Gasteiger charge is -2.08. The van der Waals surface area contributed by atoms with Crippen LogP contribution in [0.3, 0.4) is 0 Å². The van der Waals surface area contributed by atoms with E-state index in [4.69, 9.17) is 10.8 Å². The number of H-pyrrole nitrogens is 1. The van der Waals surface area contributed by atoms with Gasteiger partial charge in [0.1, 0.15) is 0 Å². The van der Waals surface area contributed by atoms with E-state index in [2.05, 4.69) is 4.98 Å². The zero-order valence-electron chi connectivity index (χ0n) is 9.52. The van der Waals surface area contributed by atoms with Crippen LogP contribution >= 0.6 is 0 Å². The van der Waals surface area contributed by atoms with E-state index >= 15 is 0 Å². The van der Waals surface area contributed by atoms with Crippen molar-refractivity contribution in [1.82, 2.24) is 4.98 Å². The molecule has 0 aliphatic heterocycles. The van der Waals surface area contributed by atoms with Crippen LogP contribution in [0.4, 0.5) is 0 Å². The predicted molar refractivity (Wildman–Crippen MR) is 66.8 cm³/mol. The normalized spacial score (nSPS) is 12.8. The van der Waals surface area contributed by atoms with Crippen LogP contribution in [0.1, 0.15) is 12.0 Å². The van der Waals surface area contributed by atoms with Crippen LogP contribution in [0, 0.1) is 5.92 Å². The molecule has 90 valence electrons. The number of carbonyl (C=O) groups is 1. The number of aromatic nitrogens is 1. The Morgan fingerprint density at radius 2 is 2.18 bits per heavy atom. The molecule has 1 heterocycles. The van der Waals surface area contributed by atoms with E-state index in [0.29, 0.717) is 6.42 Å². The van der Waals surface area contributed by atoms with E-state index in [1.807, 2.05) is 30.5 Å². The fourth-order valence-corrected chi connectivity index (χ4v) is 2.01. The lowest BCUT2D eigenvalue weighted by atomic mass is 9.99. The third-order valence-corrected chi connectivity index (χ3v) is 3.07. The van der Waals surface area contributed by atoms with Gasteiger partial charge in [-0.15, -0.1) is 0 Å². The number of fused-ring (bicyclic) bond motifs is 1. The van der Waals surface area contributed by atoms with Gasteiger partial charge in [-0.3, -0.25) is 4.79 Å². The van der Waals surface area contributed by atoms with Gasteiger partial charge in [0, 0.05) is 23.6 Å². The minimum Gasteiger partial charge on any atom is -0.481 e. The summed E-state index contributed by atoms with van der Waals surface area (Å²) in [5.74, 6) is -1.27. The molecule has 0 saturated heterocycles. The Labute approximate surface area is 99.4 Å². The maximum absolute atomic E-state index is 10.9. The van der Waals surface area contributed by atoms with E-state index < -0.39 is 11.9 Å². The third kappa shape index (κ3) is 2.47. The first-order chi connectivity index (χ1) is 8.22. The maximum atomic E-state index is 10.9. The fourth-order valence-electron chi connectivity index (χ4n) is 2.01. The highest BCUT2D eigenvalue weighted by Gasteiger charge is 2.15. The van der Waals surface area contributed by atoms with Crippen molar-refractivity contribution in [2.24, 2.45) is 11.7 Å². The molecule has 17 heavy (non-hydrogen) atoms. The Morgan fingerprint density at radius 3 is 2.88 bits per heavy atom. The lowest BCUT2D eigenvalue weighted by Crippen LogP contribution is -2.23. The van der Waals surface area contributed by atoms with E-state index in [0.717, 1.165) is 22.9 Å². The van der Waals surface area contributed by atoms with Gasteiger partial charge in [0.2, 0.25) is 0 Å². The van der Waals surface area contributed by atoms with Crippen LogP contribution in [0.2, 0.25) is 0 Å². The first kappa shape index (κ1) is 11.7. The summed E-state index contributed by atoms with van der Waals surface area (Å²) in [6, 6.07) is 8.01. The number of para-hydroxylation sites is 1. The second kappa shape index (κ2) is 5.01. The molecule has 1 aromatic heterocycles. The SMILES string of the molecule is NCC(CCc1c[nH]c2ccccc12)C(=O)O. The van der Waals surface area contributed by atoms with Crippen LogP contribution in [0.15, 0.2) is 30.5 Å². The van der Waals surface area contributed by atoms with Crippen molar-refractivity contribution in [1.29, 1.82) is 0 Å². The summed E-state index contributed by atoms with van der Waals surface area (Å²) in [4.78, 5) is 14.0. The molecule has 1 unspecified atom stereocenters. The van der Waals surface area contributed by atoms with Gasteiger partial charge in [-0.05, 0) is 24.5 Å². The summed E-state index contributed by atoms with van der Waals surface area (Å²) in [5.41, 5.74) is 7.68. The molecule has 4 N–H and O–H groups in total. The molecule has 2 aromatic rings. The van der Waals surface area contributed by atoms with E-state index in [9.17, 15) is 4.79 Å². The molecule has 0 bridgehead atoms. The standard InChI is InChI=1S/C13H16N2O2/c14-7-9(13(16)17)5-6-10-8-15-12-4-2-1-3-11(10)12/h1-4,8-9,15H,5-7,14H2,(H,16,17). The highest BCUT2D eigenvalue weighted by molar-refractivity contribution is 5.83. The number of nitrogens with two attached hydrogens (primary N) is 1. The molecule has 1 atom stereocenters. The van der Waals surface area contributed by atoms with Crippen molar-refractivity contribution in [3.05, 3.63) is 36.0 Å². The molecule has 4 nitrogen and oxygen atoms in total. The summed E-state index contributed by atoms with van der Waals surface area (Å²) < 4.78 is 0. The number of rotatable bonds is 5. The number of carboxylic acid groups (broad SMARTS) is 1. The number of aromatic amines is 1. The number of hydrogen-bond donors (Lipinski definition) is 3. The third-order valence-electron chi connectivity index (χ3n) is 3.07. The zero-order chi connectivity index (χ0) is 12.3. The monoisotopic (exact) mass is 232 g/mol. The molecule has 0 radical (unpaired) electrons. The highest BCUT2D eigenvalue weighted by atomic mass is 16.4. The molecule has 4 heteroatoms. The molecule has 0 fully saturated rings. The Morgan fingerprint density at radius 1 is 1.41 bits per heavy atom. The number of carboxylic acids is 1. The Hall–Kier alpha value is -1.81. The van der Waals surface area contributed by atoms with Crippen molar-refractivity contribution in [3.63, 3.8) is 0 Å². The predicted octanol–water partition coefficient (Wildman–Crippen LogP) is 1.76. The van der Waals surface area contributed by atoms with Gasteiger partial charge in [-0.25, -0.2) is 0 Å². The number of nitrogens with one attached hydrogen (secondary N) is 1. The second-order valence-electron chi connectivity index (χ2n) is 4.17. The number of aliphatic carboxylic acids is 1. The van der Waals surface area contributed by atoms with Crippen LogP contribution in [-0.4, -0.2) is 22.6 Å². The first-order valence-corrected chi connectivity index (χ1v) is 5.70. The summed E-state index contributed by atoms with van der Waals surface area (Å²) in [6.45, 7) is 0.192. The van der Waals surface area contributed by atoms with Crippen LogP contribution < -0.4 is 5.73 Å². The van der Waals surface area contributed by atoms with Gasteiger partial charge in [0.15, 0.2) is 0 Å². The van der Waals surface area contributed by atoms with Gasteiger partial charge in [-0.1, -0.05) is 18.2 Å². The minimum absolute atomic E-state index is 0.192. The van der Waals surface area contributed by atoms with Crippen molar-refractivity contribution in [2.75, 3.05) is 6.54 Å². The van der Waals surface area contributed by atoms with E-state index in [-0.39, 0.29) is 6.54 Å². The molecular weight excluding hydrogens is 216 g/mol. The van der Waals surface area contributed by atoms with Gasteiger partial charge in [0.05, 0.1) is 5.92 Å². The Balaban J connectivity index is 2.11. The molecule has 0 aliphatic carbocycles. The minimum atomic E-state index is -0.813. The van der Waals surface area contributed by atoms with Crippen molar-refractivity contribution < 1.29 is 9.90 Å². The summed E-state index contributed by atoms with van der Waals surface area (Å²) in [5, 5.41) is 10.1. The smallest absolute Gasteiger partial charge is 0.307 e. The molecule has 0 amide bonds. The average molecular weight is 232 g/mol. The molecular formula is C13H16N2O2. The van der Waals surface area contributed by atoms with Crippen molar-refractivity contribution in [2.45, 2.75) is 12.8 Å². The second-order valence-corrected chi connectivity index (χ2v) is 4.17. The van der Waals surface area contributed by atoms with Gasteiger partial charge in [0.25, 0.3) is 0 Å². The van der Waals surface area contributed by atoms with E-state index in [1.165, 1.54) is 0 Å². The van der Waals surface area contributed by atoms with Crippen molar-refractivity contribution >= 4 is 16.9 Å². The maximum Gasteiger partial charge on any atom is 0.307 e. The first-order valence-electron chi connectivity index (χ1n) is 5.70. The number of aryl methyl sites for hydroxylation is 1. The molecule has 2 rings (SSSR count). The summed E-state index contributed by atoms with van der Waals surface area (Å²) in [7, 11) is 0. The largest absolute Gasteiger partial charge is 0.481 e. The van der Waals surface area contributed by atoms with Gasteiger partial charge in [-0.2, -0.15) is 0 Å². The topological polar surface area (TPSA) is 79.1 Å². The van der Waals surface area contributed by atoms with Crippen LogP contribution in [0.25, 0.3) is 10.9 Å².